The Balaban J connectivity index is 3.08. The fourth-order valence-electron chi connectivity index (χ4n) is 1.51. The van der Waals surface area contributed by atoms with E-state index >= 15 is 0 Å². The Kier molecular flexibility index (Phi) is 4.84. The molecule has 0 spiro atoms. The summed E-state index contributed by atoms with van der Waals surface area (Å²) in [7, 11) is 1.63. The molecule has 0 radical (unpaired) electrons. The van der Waals surface area contributed by atoms with E-state index in [-0.39, 0.29) is 5.56 Å². The molecule has 0 saturated heterocycles. The van der Waals surface area contributed by atoms with Gasteiger partial charge in [0.25, 0.3) is 5.56 Å². The summed E-state index contributed by atoms with van der Waals surface area (Å²) in [6, 6.07) is 1.51. The summed E-state index contributed by atoms with van der Waals surface area (Å²) in [4.78, 5) is 18.8. The first-order valence-corrected chi connectivity index (χ1v) is 5.92. The average molecular weight is 239 g/mol. The minimum atomic E-state index is -0.540. The highest BCUT2D eigenvalue weighted by Crippen LogP contribution is 2.24. The Labute approximate surface area is 102 Å². The van der Waals surface area contributed by atoms with Gasteiger partial charge in [-0.1, -0.05) is 13.8 Å². The van der Waals surface area contributed by atoms with Crippen molar-refractivity contribution >= 4 is 0 Å². The van der Waals surface area contributed by atoms with Gasteiger partial charge in [0.2, 0.25) is 0 Å². The van der Waals surface area contributed by atoms with Gasteiger partial charge in [-0.15, -0.1) is 0 Å². The van der Waals surface area contributed by atoms with E-state index in [2.05, 4.69) is 15.3 Å². The Morgan fingerprint density at radius 3 is 2.76 bits per heavy atom. The molecule has 1 heterocycles. The lowest BCUT2D eigenvalue weighted by atomic mass is 10.0. The van der Waals surface area contributed by atoms with Crippen LogP contribution in [0.5, 0.6) is 0 Å². The number of nitrogens with one attached hydrogen (secondary N) is 2. The molecule has 1 aromatic rings. The van der Waals surface area contributed by atoms with Gasteiger partial charge < -0.3 is 15.0 Å². The number of nitrogens with zero attached hydrogens (tertiary/aromatic N) is 1. The van der Waals surface area contributed by atoms with Crippen molar-refractivity contribution in [2.24, 2.45) is 0 Å². The van der Waals surface area contributed by atoms with Crippen LogP contribution in [-0.2, 0) is 16.9 Å². The van der Waals surface area contributed by atoms with Gasteiger partial charge in [-0.05, 0) is 19.9 Å². The third kappa shape index (κ3) is 3.38. The average Bonchev–Trinajstić information content (AvgIpc) is 2.34. The van der Waals surface area contributed by atoms with Gasteiger partial charge >= 0.3 is 0 Å². The maximum absolute atomic E-state index is 11.6. The minimum Gasteiger partial charge on any atom is -0.371 e. The van der Waals surface area contributed by atoms with E-state index < -0.39 is 5.60 Å². The number of methoxy groups -OCH3 is 1. The van der Waals surface area contributed by atoms with Crippen LogP contribution in [0.2, 0.25) is 0 Å². The third-order valence-corrected chi connectivity index (χ3v) is 2.98. The van der Waals surface area contributed by atoms with Crippen LogP contribution in [0.3, 0.4) is 0 Å². The summed E-state index contributed by atoms with van der Waals surface area (Å²) >= 11 is 0. The molecule has 0 fully saturated rings. The molecule has 0 aliphatic carbocycles. The summed E-state index contributed by atoms with van der Waals surface area (Å²) < 4.78 is 5.43. The predicted molar refractivity (Wildman–Crippen MR) is 66.9 cm³/mol. The molecule has 1 rings (SSSR count). The lowest BCUT2D eigenvalue weighted by Crippen LogP contribution is -2.30. The fourth-order valence-corrected chi connectivity index (χ4v) is 1.51. The van der Waals surface area contributed by atoms with Crippen LogP contribution in [-0.4, -0.2) is 23.6 Å². The fraction of sp³-hybridized carbons (Fsp3) is 0.667. The van der Waals surface area contributed by atoms with Gasteiger partial charge in [0.1, 0.15) is 11.4 Å². The van der Waals surface area contributed by atoms with E-state index in [0.717, 1.165) is 18.7 Å². The smallest absolute Gasteiger partial charge is 0.251 e. The van der Waals surface area contributed by atoms with Gasteiger partial charge in [-0.25, -0.2) is 4.98 Å². The minimum absolute atomic E-state index is 0.139. The van der Waals surface area contributed by atoms with Gasteiger partial charge in [0.15, 0.2) is 0 Å². The molecule has 96 valence electrons. The van der Waals surface area contributed by atoms with Crippen LogP contribution >= 0.6 is 0 Å². The number of H-pyrrole nitrogens is 1. The van der Waals surface area contributed by atoms with Crippen LogP contribution in [0.15, 0.2) is 10.9 Å². The Morgan fingerprint density at radius 2 is 2.24 bits per heavy atom. The van der Waals surface area contributed by atoms with Gasteiger partial charge in [-0.2, -0.15) is 0 Å². The maximum atomic E-state index is 11.6. The quantitative estimate of drug-likeness (QED) is 0.781. The summed E-state index contributed by atoms with van der Waals surface area (Å²) in [6.07, 6.45) is 0.747. The predicted octanol–water partition coefficient (Wildman–Crippen LogP) is 1.15. The van der Waals surface area contributed by atoms with Gasteiger partial charge in [-0.3, -0.25) is 4.79 Å². The molecule has 0 saturated carbocycles. The van der Waals surface area contributed by atoms with Crippen molar-refractivity contribution in [2.45, 2.75) is 39.3 Å². The number of hydrogen-bond donors (Lipinski definition) is 2. The zero-order valence-corrected chi connectivity index (χ0v) is 11.0. The van der Waals surface area contributed by atoms with Crippen LogP contribution < -0.4 is 10.9 Å². The lowest BCUT2D eigenvalue weighted by Gasteiger charge is -2.25. The van der Waals surface area contributed by atoms with E-state index in [1.807, 2.05) is 20.8 Å². The molecule has 5 nitrogen and oxygen atoms in total. The third-order valence-electron chi connectivity index (χ3n) is 2.98. The number of hydrogen-bond acceptors (Lipinski definition) is 4. The number of aromatic amines is 1. The van der Waals surface area contributed by atoms with Crippen LogP contribution in [0.25, 0.3) is 0 Å². The van der Waals surface area contributed by atoms with Crippen molar-refractivity contribution in [2.75, 3.05) is 13.7 Å². The van der Waals surface area contributed by atoms with Crippen molar-refractivity contribution in [3.8, 4) is 0 Å². The standard InChI is InChI=1S/C12H21N3O2/c1-5-12(3,17-4)11-14-9(8-13-6-2)7-10(16)15-11/h7,13H,5-6,8H2,1-4H3,(H,14,15,16). The monoisotopic (exact) mass is 239 g/mol. The Hall–Kier alpha value is -1.20. The van der Waals surface area contributed by atoms with E-state index in [4.69, 9.17) is 4.74 Å². The van der Waals surface area contributed by atoms with Gasteiger partial charge in [0, 0.05) is 19.7 Å². The highest BCUT2D eigenvalue weighted by molar-refractivity contribution is 5.08. The van der Waals surface area contributed by atoms with Crippen molar-refractivity contribution in [3.05, 3.63) is 27.9 Å². The first kappa shape index (κ1) is 13.9. The highest BCUT2D eigenvalue weighted by atomic mass is 16.5. The first-order valence-electron chi connectivity index (χ1n) is 5.92. The number of ether oxygens (including phenoxy) is 1. The highest BCUT2D eigenvalue weighted by Gasteiger charge is 2.27. The molecule has 0 bridgehead atoms. The molecule has 1 atom stereocenters. The summed E-state index contributed by atoms with van der Waals surface area (Å²) in [5.74, 6) is 0.586. The summed E-state index contributed by atoms with van der Waals surface area (Å²) in [5, 5.41) is 3.15. The molecule has 17 heavy (non-hydrogen) atoms. The van der Waals surface area contributed by atoms with Crippen molar-refractivity contribution in [1.29, 1.82) is 0 Å². The van der Waals surface area contributed by atoms with E-state index in [1.165, 1.54) is 6.07 Å². The maximum Gasteiger partial charge on any atom is 0.251 e. The van der Waals surface area contributed by atoms with E-state index in [0.29, 0.717) is 12.4 Å². The zero-order chi connectivity index (χ0) is 12.9. The SMILES string of the molecule is CCNCc1cc(=O)[nH]c(C(C)(CC)OC)n1. The van der Waals surface area contributed by atoms with Crippen LogP contribution in [0.1, 0.15) is 38.7 Å². The Morgan fingerprint density at radius 1 is 1.53 bits per heavy atom. The second-order valence-electron chi connectivity index (χ2n) is 4.15. The normalized spacial score (nSPS) is 14.6. The molecule has 1 aromatic heterocycles. The summed E-state index contributed by atoms with van der Waals surface area (Å²) in [5.41, 5.74) is 0.0587. The van der Waals surface area contributed by atoms with E-state index in [1.54, 1.807) is 7.11 Å². The summed E-state index contributed by atoms with van der Waals surface area (Å²) in [6.45, 7) is 7.37. The molecule has 0 amide bonds. The number of rotatable bonds is 6. The van der Waals surface area contributed by atoms with Crippen LogP contribution in [0.4, 0.5) is 0 Å². The second-order valence-corrected chi connectivity index (χ2v) is 4.15. The number of aromatic nitrogens is 2. The molecular weight excluding hydrogens is 218 g/mol. The molecule has 1 unspecified atom stereocenters. The van der Waals surface area contributed by atoms with Crippen molar-refractivity contribution < 1.29 is 4.74 Å². The second kappa shape index (κ2) is 5.93. The van der Waals surface area contributed by atoms with Crippen LogP contribution in [0, 0.1) is 0 Å². The largest absolute Gasteiger partial charge is 0.371 e. The molecule has 0 aromatic carbocycles. The Bertz CT molecular complexity index is 410. The molecule has 5 heteroatoms. The van der Waals surface area contributed by atoms with Crippen molar-refractivity contribution in [3.63, 3.8) is 0 Å². The molecule has 0 aliphatic rings. The molecule has 2 N–H and O–H groups in total. The molecular formula is C12H21N3O2. The van der Waals surface area contributed by atoms with E-state index in [9.17, 15) is 4.79 Å². The zero-order valence-electron chi connectivity index (χ0n) is 11.0. The van der Waals surface area contributed by atoms with Gasteiger partial charge in [0.05, 0.1) is 5.69 Å². The van der Waals surface area contributed by atoms with Crippen molar-refractivity contribution in [1.82, 2.24) is 15.3 Å². The first-order chi connectivity index (χ1) is 8.05. The topological polar surface area (TPSA) is 67.0 Å². The molecule has 0 aliphatic heterocycles. The lowest BCUT2D eigenvalue weighted by molar-refractivity contribution is -0.00936.